The summed E-state index contributed by atoms with van der Waals surface area (Å²) in [6.07, 6.45) is 0. The van der Waals surface area contributed by atoms with Crippen molar-refractivity contribution >= 4 is 23.8 Å². The molecule has 0 saturated heterocycles. The SMILES string of the molecule is CNc1nc(NC(C)C(=O)NCC(C)C)nc(N(C)C)n1. The second-order valence-corrected chi connectivity index (χ2v) is 5.43. The first-order chi connectivity index (χ1) is 9.83. The first-order valence-corrected chi connectivity index (χ1v) is 6.99. The fourth-order valence-corrected chi connectivity index (χ4v) is 1.46. The highest BCUT2D eigenvalue weighted by Gasteiger charge is 2.15. The zero-order valence-corrected chi connectivity index (χ0v) is 13.6. The summed E-state index contributed by atoms with van der Waals surface area (Å²) in [5.74, 6) is 1.67. The second-order valence-electron chi connectivity index (χ2n) is 5.43. The van der Waals surface area contributed by atoms with Crippen molar-refractivity contribution in [1.29, 1.82) is 0 Å². The standard InChI is InChI=1S/C13H25N7O/c1-8(2)7-15-10(21)9(3)16-12-17-11(14-4)18-13(19-12)20(5)6/h8-9H,7H2,1-6H3,(H,15,21)(H2,14,16,17,18,19). The normalized spacial score (nSPS) is 12.0. The number of carbonyl (C=O) groups is 1. The van der Waals surface area contributed by atoms with Crippen LogP contribution in [-0.4, -0.2) is 54.6 Å². The van der Waals surface area contributed by atoms with Crippen molar-refractivity contribution < 1.29 is 4.79 Å². The Hall–Kier alpha value is -2.12. The Morgan fingerprint density at radius 3 is 2.29 bits per heavy atom. The number of hydrogen-bond donors (Lipinski definition) is 3. The molecule has 8 nitrogen and oxygen atoms in total. The molecule has 8 heteroatoms. The number of amides is 1. The fourth-order valence-electron chi connectivity index (χ4n) is 1.46. The largest absolute Gasteiger partial charge is 0.357 e. The van der Waals surface area contributed by atoms with Crippen molar-refractivity contribution in [1.82, 2.24) is 20.3 Å². The first kappa shape index (κ1) is 16.9. The highest BCUT2D eigenvalue weighted by Crippen LogP contribution is 2.11. The number of nitrogens with one attached hydrogen (secondary N) is 3. The Balaban J connectivity index is 2.77. The van der Waals surface area contributed by atoms with Gasteiger partial charge in [-0.3, -0.25) is 4.79 Å². The number of carbonyl (C=O) groups excluding carboxylic acids is 1. The Morgan fingerprint density at radius 1 is 1.14 bits per heavy atom. The summed E-state index contributed by atoms with van der Waals surface area (Å²) >= 11 is 0. The Morgan fingerprint density at radius 2 is 1.76 bits per heavy atom. The molecular weight excluding hydrogens is 270 g/mol. The molecule has 1 heterocycles. The lowest BCUT2D eigenvalue weighted by atomic mass is 10.2. The minimum absolute atomic E-state index is 0.0819. The van der Waals surface area contributed by atoms with Crippen LogP contribution < -0.4 is 20.9 Å². The predicted molar refractivity (Wildman–Crippen MR) is 84.6 cm³/mol. The molecule has 0 radical (unpaired) electrons. The van der Waals surface area contributed by atoms with E-state index in [1.54, 1.807) is 18.9 Å². The zero-order valence-electron chi connectivity index (χ0n) is 13.6. The van der Waals surface area contributed by atoms with E-state index in [4.69, 9.17) is 0 Å². The molecule has 0 aliphatic heterocycles. The minimum Gasteiger partial charge on any atom is -0.357 e. The number of nitrogens with zero attached hydrogens (tertiary/aromatic N) is 4. The molecule has 0 spiro atoms. The highest BCUT2D eigenvalue weighted by atomic mass is 16.2. The molecule has 0 fully saturated rings. The first-order valence-electron chi connectivity index (χ1n) is 6.99. The maximum Gasteiger partial charge on any atom is 0.242 e. The molecule has 0 aliphatic rings. The molecule has 1 unspecified atom stereocenters. The van der Waals surface area contributed by atoms with Gasteiger partial charge in [0.25, 0.3) is 0 Å². The third-order valence-electron chi connectivity index (χ3n) is 2.67. The van der Waals surface area contributed by atoms with E-state index in [0.717, 1.165) is 0 Å². The van der Waals surface area contributed by atoms with Crippen molar-refractivity contribution in [3.8, 4) is 0 Å². The van der Waals surface area contributed by atoms with Gasteiger partial charge >= 0.3 is 0 Å². The van der Waals surface area contributed by atoms with Gasteiger partial charge in [0.15, 0.2) is 0 Å². The topological polar surface area (TPSA) is 95.1 Å². The van der Waals surface area contributed by atoms with Gasteiger partial charge in [-0.1, -0.05) is 13.8 Å². The van der Waals surface area contributed by atoms with Crippen LogP contribution in [0.15, 0.2) is 0 Å². The smallest absolute Gasteiger partial charge is 0.242 e. The van der Waals surface area contributed by atoms with Gasteiger partial charge in [-0.2, -0.15) is 15.0 Å². The lowest BCUT2D eigenvalue weighted by Gasteiger charge is -2.17. The van der Waals surface area contributed by atoms with Crippen LogP contribution in [0.2, 0.25) is 0 Å². The molecule has 1 rings (SSSR count). The highest BCUT2D eigenvalue weighted by molar-refractivity contribution is 5.83. The average Bonchev–Trinajstić information content (AvgIpc) is 2.43. The van der Waals surface area contributed by atoms with Gasteiger partial charge in [0.05, 0.1) is 0 Å². The number of aromatic nitrogens is 3. The van der Waals surface area contributed by atoms with Crippen LogP contribution in [0.1, 0.15) is 20.8 Å². The summed E-state index contributed by atoms with van der Waals surface area (Å²) in [6.45, 7) is 6.51. The van der Waals surface area contributed by atoms with Crippen LogP contribution in [-0.2, 0) is 4.79 Å². The Labute approximate surface area is 125 Å². The quantitative estimate of drug-likeness (QED) is 0.676. The number of hydrogen-bond acceptors (Lipinski definition) is 7. The van der Waals surface area contributed by atoms with Crippen LogP contribution in [0.25, 0.3) is 0 Å². The van der Waals surface area contributed by atoms with E-state index in [9.17, 15) is 4.79 Å². The summed E-state index contributed by atoms with van der Waals surface area (Å²) in [5, 5.41) is 8.74. The fraction of sp³-hybridized carbons (Fsp3) is 0.692. The predicted octanol–water partition coefficient (Wildman–Crippen LogP) is 0.552. The second kappa shape index (κ2) is 7.61. The van der Waals surface area contributed by atoms with E-state index < -0.39 is 6.04 Å². The maximum absolute atomic E-state index is 12.0. The van der Waals surface area contributed by atoms with Crippen LogP contribution in [0.5, 0.6) is 0 Å². The van der Waals surface area contributed by atoms with Crippen LogP contribution in [0, 0.1) is 5.92 Å². The van der Waals surface area contributed by atoms with Gasteiger partial charge < -0.3 is 20.9 Å². The summed E-state index contributed by atoms with van der Waals surface area (Å²) in [6, 6.07) is -0.425. The monoisotopic (exact) mass is 295 g/mol. The van der Waals surface area contributed by atoms with Gasteiger partial charge in [-0.05, 0) is 12.8 Å². The average molecular weight is 295 g/mol. The summed E-state index contributed by atoms with van der Waals surface area (Å²) in [7, 11) is 5.42. The van der Waals surface area contributed by atoms with Crippen molar-refractivity contribution in [3.63, 3.8) is 0 Å². The molecule has 0 saturated carbocycles. The third-order valence-corrected chi connectivity index (χ3v) is 2.67. The Bertz CT molecular complexity index is 476. The summed E-state index contributed by atoms with van der Waals surface area (Å²) in [4.78, 5) is 26.4. The van der Waals surface area contributed by atoms with Crippen LogP contribution in [0.3, 0.4) is 0 Å². The van der Waals surface area contributed by atoms with E-state index in [-0.39, 0.29) is 5.91 Å². The molecule has 1 aromatic rings. The third kappa shape index (κ3) is 5.41. The Kier molecular flexibility index (Phi) is 6.13. The molecule has 3 N–H and O–H groups in total. The molecule has 1 aromatic heterocycles. The van der Waals surface area contributed by atoms with E-state index in [0.29, 0.717) is 30.3 Å². The van der Waals surface area contributed by atoms with E-state index >= 15 is 0 Å². The zero-order chi connectivity index (χ0) is 16.0. The van der Waals surface area contributed by atoms with Crippen molar-refractivity contribution in [2.24, 2.45) is 5.92 Å². The molecule has 21 heavy (non-hydrogen) atoms. The van der Waals surface area contributed by atoms with Crippen molar-refractivity contribution in [2.75, 3.05) is 43.2 Å². The molecule has 0 aliphatic carbocycles. The molecule has 118 valence electrons. The van der Waals surface area contributed by atoms with Crippen LogP contribution >= 0.6 is 0 Å². The summed E-state index contributed by atoms with van der Waals surface area (Å²) in [5.41, 5.74) is 0. The maximum atomic E-state index is 12.0. The van der Waals surface area contributed by atoms with Gasteiger partial charge in [0, 0.05) is 27.7 Å². The van der Waals surface area contributed by atoms with Gasteiger partial charge in [-0.25, -0.2) is 0 Å². The van der Waals surface area contributed by atoms with E-state index in [1.807, 2.05) is 27.9 Å². The molecule has 0 bridgehead atoms. The molecular formula is C13H25N7O. The van der Waals surface area contributed by atoms with Gasteiger partial charge in [0.1, 0.15) is 6.04 Å². The lowest BCUT2D eigenvalue weighted by molar-refractivity contribution is -0.121. The van der Waals surface area contributed by atoms with Gasteiger partial charge in [0.2, 0.25) is 23.8 Å². The van der Waals surface area contributed by atoms with Gasteiger partial charge in [-0.15, -0.1) is 0 Å². The van der Waals surface area contributed by atoms with Crippen LogP contribution in [0.4, 0.5) is 17.8 Å². The molecule has 0 aromatic carbocycles. The lowest BCUT2D eigenvalue weighted by Crippen LogP contribution is -2.39. The van der Waals surface area contributed by atoms with E-state index in [1.165, 1.54) is 0 Å². The summed E-state index contributed by atoms with van der Waals surface area (Å²) < 4.78 is 0. The molecule has 1 atom stereocenters. The number of rotatable bonds is 7. The van der Waals surface area contributed by atoms with Crippen molar-refractivity contribution in [3.05, 3.63) is 0 Å². The van der Waals surface area contributed by atoms with E-state index in [2.05, 4.69) is 30.9 Å². The van der Waals surface area contributed by atoms with Crippen molar-refractivity contribution in [2.45, 2.75) is 26.8 Å². The molecule has 1 amide bonds. The number of anilines is 3. The minimum atomic E-state index is -0.425.